The van der Waals surface area contributed by atoms with Crippen molar-refractivity contribution in [2.45, 2.75) is 38.9 Å². The molecule has 0 saturated carbocycles. The molecule has 1 atom stereocenters. The van der Waals surface area contributed by atoms with Gasteiger partial charge in [-0.15, -0.1) is 0 Å². The average Bonchev–Trinajstić information content (AvgIpc) is 1.54. The summed E-state index contributed by atoms with van der Waals surface area (Å²) >= 11 is 0. The van der Waals surface area contributed by atoms with Crippen LogP contribution < -0.4 is 0 Å². The van der Waals surface area contributed by atoms with Gasteiger partial charge >= 0.3 is 7.32 Å². The van der Waals surface area contributed by atoms with Crippen molar-refractivity contribution in [3.8, 4) is 0 Å². The molecule has 0 aliphatic carbocycles. The van der Waals surface area contributed by atoms with E-state index in [9.17, 15) is 0 Å². The zero-order chi connectivity index (χ0) is 7.78. The minimum absolute atomic E-state index is 0.0822. The molecule has 0 spiro atoms. The lowest BCUT2D eigenvalue weighted by molar-refractivity contribution is -0.0570. The Hall–Kier alpha value is -0.0551. The second-order valence-corrected chi connectivity index (χ2v) is 3.34. The summed E-state index contributed by atoms with van der Waals surface area (Å²) < 4.78 is 10.0. The lowest BCUT2D eigenvalue weighted by atomic mass is 9.95. The topological polar surface area (TPSA) is 38.7 Å². The maximum absolute atomic E-state index is 8.97. The van der Waals surface area contributed by atoms with E-state index in [1.54, 1.807) is 0 Å². The molecule has 0 aromatic carbocycles. The Labute approximate surface area is 61.5 Å². The number of hydrogen-bond donors (Lipinski definition) is 1. The molecule has 1 aliphatic heterocycles. The number of rotatable bonds is 0. The first-order valence-electron chi connectivity index (χ1n) is 3.51. The average molecular weight is 144 g/mol. The molecule has 0 aromatic rings. The Morgan fingerprint density at radius 3 is 2.60 bits per heavy atom. The van der Waals surface area contributed by atoms with Gasteiger partial charge in [-0.1, -0.05) is 0 Å². The highest BCUT2D eigenvalue weighted by molar-refractivity contribution is 6.35. The maximum atomic E-state index is 8.97. The van der Waals surface area contributed by atoms with Crippen molar-refractivity contribution in [3.63, 3.8) is 0 Å². The SMILES string of the molecule is C[C@H]1CC(C)(C)OB(O)O1. The van der Waals surface area contributed by atoms with Crippen molar-refractivity contribution >= 4 is 7.32 Å². The molecule has 3 nitrogen and oxygen atoms in total. The fourth-order valence-corrected chi connectivity index (χ4v) is 1.29. The Morgan fingerprint density at radius 2 is 2.20 bits per heavy atom. The third-order valence-corrected chi connectivity index (χ3v) is 1.55. The zero-order valence-electron chi connectivity index (χ0n) is 6.63. The summed E-state index contributed by atoms with van der Waals surface area (Å²) in [4.78, 5) is 0. The van der Waals surface area contributed by atoms with E-state index in [0.717, 1.165) is 6.42 Å². The second-order valence-electron chi connectivity index (χ2n) is 3.34. The molecule has 0 bridgehead atoms. The molecule has 1 rings (SSSR count). The van der Waals surface area contributed by atoms with Crippen LogP contribution in [0.5, 0.6) is 0 Å². The van der Waals surface area contributed by atoms with Gasteiger partial charge in [0, 0.05) is 6.10 Å². The van der Waals surface area contributed by atoms with Crippen LogP contribution in [0.2, 0.25) is 0 Å². The first kappa shape index (κ1) is 8.05. The highest BCUT2D eigenvalue weighted by atomic mass is 16.7. The molecule has 58 valence electrons. The van der Waals surface area contributed by atoms with Gasteiger partial charge in [0.05, 0.1) is 5.60 Å². The molecule has 0 unspecified atom stereocenters. The van der Waals surface area contributed by atoms with Gasteiger partial charge in [0.2, 0.25) is 0 Å². The van der Waals surface area contributed by atoms with Crippen molar-refractivity contribution in [1.82, 2.24) is 0 Å². The third kappa shape index (κ3) is 1.97. The molecule has 1 fully saturated rings. The fraction of sp³-hybridized carbons (Fsp3) is 1.00. The van der Waals surface area contributed by atoms with Crippen LogP contribution in [0, 0.1) is 0 Å². The maximum Gasteiger partial charge on any atom is 0.637 e. The van der Waals surface area contributed by atoms with E-state index in [-0.39, 0.29) is 11.7 Å². The summed E-state index contributed by atoms with van der Waals surface area (Å²) in [5.74, 6) is 0. The largest absolute Gasteiger partial charge is 0.637 e. The molecule has 4 heteroatoms. The van der Waals surface area contributed by atoms with Gasteiger partial charge in [0.15, 0.2) is 0 Å². The van der Waals surface area contributed by atoms with Gasteiger partial charge in [-0.2, -0.15) is 0 Å². The van der Waals surface area contributed by atoms with Gasteiger partial charge < -0.3 is 14.3 Å². The van der Waals surface area contributed by atoms with Crippen molar-refractivity contribution < 1.29 is 14.3 Å². The summed E-state index contributed by atoms with van der Waals surface area (Å²) in [5, 5.41) is 8.97. The van der Waals surface area contributed by atoms with E-state index < -0.39 is 7.32 Å². The van der Waals surface area contributed by atoms with Crippen molar-refractivity contribution in [2.75, 3.05) is 0 Å². The van der Waals surface area contributed by atoms with Crippen molar-refractivity contribution in [1.29, 1.82) is 0 Å². The lowest BCUT2D eigenvalue weighted by Gasteiger charge is -2.35. The summed E-state index contributed by atoms with van der Waals surface area (Å²) in [6, 6.07) is 0. The highest BCUT2D eigenvalue weighted by Crippen LogP contribution is 2.24. The molecule has 1 N–H and O–H groups in total. The smallest absolute Gasteiger partial charge is 0.402 e. The van der Waals surface area contributed by atoms with Crippen LogP contribution in [-0.2, 0) is 9.31 Å². The van der Waals surface area contributed by atoms with E-state index in [4.69, 9.17) is 14.3 Å². The molecule has 1 heterocycles. The predicted octanol–water partition coefficient (Wildman–Crippen LogP) is 0.568. The van der Waals surface area contributed by atoms with E-state index in [2.05, 4.69) is 0 Å². The standard InChI is InChI=1S/C6H13BO3/c1-5-4-6(2,3)10-7(8)9-5/h5,8H,4H2,1-3H3/t5-/m0/s1. The predicted molar refractivity (Wildman–Crippen MR) is 38.3 cm³/mol. The highest BCUT2D eigenvalue weighted by Gasteiger charge is 2.36. The van der Waals surface area contributed by atoms with Gasteiger partial charge in [-0.25, -0.2) is 0 Å². The van der Waals surface area contributed by atoms with Crippen LogP contribution in [0.25, 0.3) is 0 Å². The molecule has 0 radical (unpaired) electrons. The first-order chi connectivity index (χ1) is 4.49. The van der Waals surface area contributed by atoms with E-state index >= 15 is 0 Å². The second kappa shape index (κ2) is 2.53. The van der Waals surface area contributed by atoms with Crippen LogP contribution in [-0.4, -0.2) is 24.1 Å². The van der Waals surface area contributed by atoms with Gasteiger partial charge in [0.25, 0.3) is 0 Å². The quantitative estimate of drug-likeness (QED) is 0.505. The first-order valence-corrected chi connectivity index (χ1v) is 3.51. The van der Waals surface area contributed by atoms with Crippen LogP contribution in [0.1, 0.15) is 27.2 Å². The molecule has 1 saturated heterocycles. The third-order valence-electron chi connectivity index (χ3n) is 1.55. The van der Waals surface area contributed by atoms with Crippen LogP contribution >= 0.6 is 0 Å². The van der Waals surface area contributed by atoms with Gasteiger partial charge in [-0.05, 0) is 27.2 Å². The minimum Gasteiger partial charge on any atom is -0.402 e. The lowest BCUT2D eigenvalue weighted by Crippen LogP contribution is -2.45. The minimum atomic E-state index is -1.04. The van der Waals surface area contributed by atoms with Crippen LogP contribution in [0.15, 0.2) is 0 Å². The summed E-state index contributed by atoms with van der Waals surface area (Å²) in [6.45, 7) is 5.80. The summed E-state index contributed by atoms with van der Waals surface area (Å²) in [6.07, 6.45) is 0.906. The summed E-state index contributed by atoms with van der Waals surface area (Å²) in [5.41, 5.74) is -0.253. The Morgan fingerprint density at radius 1 is 1.60 bits per heavy atom. The van der Waals surface area contributed by atoms with E-state index in [0.29, 0.717) is 0 Å². The van der Waals surface area contributed by atoms with E-state index in [1.165, 1.54) is 0 Å². The summed E-state index contributed by atoms with van der Waals surface area (Å²) in [7, 11) is -1.04. The van der Waals surface area contributed by atoms with Gasteiger partial charge in [0.1, 0.15) is 0 Å². The molecular weight excluding hydrogens is 131 g/mol. The zero-order valence-corrected chi connectivity index (χ0v) is 6.63. The fourth-order valence-electron chi connectivity index (χ4n) is 1.29. The Balaban J connectivity index is 2.51. The van der Waals surface area contributed by atoms with Crippen LogP contribution in [0.4, 0.5) is 0 Å². The van der Waals surface area contributed by atoms with Crippen molar-refractivity contribution in [2.24, 2.45) is 0 Å². The monoisotopic (exact) mass is 144 g/mol. The molecule has 1 aliphatic rings. The van der Waals surface area contributed by atoms with E-state index in [1.807, 2.05) is 20.8 Å². The molecule has 10 heavy (non-hydrogen) atoms. The normalized spacial score (nSPS) is 32.4. The molecule has 0 aromatic heterocycles. The van der Waals surface area contributed by atoms with Crippen molar-refractivity contribution in [3.05, 3.63) is 0 Å². The molecule has 0 amide bonds. The number of hydrogen-bond acceptors (Lipinski definition) is 3. The molecular formula is C6H13BO3. The Bertz CT molecular complexity index is 114. The Kier molecular flexibility index (Phi) is 2.03. The van der Waals surface area contributed by atoms with Crippen LogP contribution in [0.3, 0.4) is 0 Å². The van der Waals surface area contributed by atoms with Gasteiger partial charge in [-0.3, -0.25) is 0 Å².